The Kier molecular flexibility index (Phi) is 17.2. The number of methoxy groups -OCH3 is 4. The Morgan fingerprint density at radius 3 is 1.97 bits per heavy atom. The van der Waals surface area contributed by atoms with Gasteiger partial charge in [-0.25, -0.2) is 0 Å². The smallest absolute Gasteiger partial charge is 0.550 e. The minimum absolute atomic E-state index is 0. The Labute approximate surface area is 409 Å². The predicted molar refractivity (Wildman–Crippen MR) is 228 cm³/mol. The van der Waals surface area contributed by atoms with Gasteiger partial charge in [0.2, 0.25) is 0 Å². The summed E-state index contributed by atoms with van der Waals surface area (Å²) in [6.45, 7) is 19.1. The minimum atomic E-state index is -2.18. The van der Waals surface area contributed by atoms with E-state index >= 15 is 0 Å². The molecule has 0 aromatic carbocycles. The van der Waals surface area contributed by atoms with E-state index in [2.05, 4.69) is 27.7 Å². The van der Waals surface area contributed by atoms with Crippen LogP contribution in [0.15, 0.2) is 0 Å². The van der Waals surface area contributed by atoms with Gasteiger partial charge >= 0.3 is 29.6 Å². The van der Waals surface area contributed by atoms with Gasteiger partial charge in [-0.1, -0.05) is 41.5 Å². The third-order valence-corrected chi connectivity index (χ3v) is 17.4. The number of carbonyl (C=O) groups is 1. The Balaban J connectivity index is 0.00000700. The number of hydrogen-bond donors (Lipinski definition) is 2. The van der Waals surface area contributed by atoms with E-state index < -0.39 is 77.1 Å². The van der Waals surface area contributed by atoms with Crippen molar-refractivity contribution in [3.8, 4) is 0 Å². The molecule has 0 bridgehead atoms. The molecule has 370 valence electrons. The van der Waals surface area contributed by atoms with Crippen LogP contribution in [-0.2, 0) is 61.6 Å². The molecule has 0 unspecified atom stereocenters. The van der Waals surface area contributed by atoms with Crippen LogP contribution in [-0.4, -0.2) is 153 Å². The van der Waals surface area contributed by atoms with Gasteiger partial charge in [0.25, 0.3) is 0 Å². The second-order valence-electron chi connectivity index (χ2n) is 21.3. The summed E-state index contributed by atoms with van der Waals surface area (Å²) in [6.07, 6.45) is 0.854. The van der Waals surface area contributed by atoms with Gasteiger partial charge in [-0.3, -0.25) is 0 Å². The summed E-state index contributed by atoms with van der Waals surface area (Å²) in [6, 6.07) is 0. The van der Waals surface area contributed by atoms with Crippen LogP contribution in [0.25, 0.3) is 0 Å². The summed E-state index contributed by atoms with van der Waals surface area (Å²) in [5.74, 6) is -8.54. The van der Waals surface area contributed by atoms with Crippen molar-refractivity contribution in [2.75, 3.05) is 28.4 Å². The molecule has 7 rings (SSSR count). The zero-order chi connectivity index (χ0) is 46.9. The van der Waals surface area contributed by atoms with Crippen molar-refractivity contribution in [1.82, 2.24) is 0 Å². The molecule has 0 aliphatic carbocycles. The van der Waals surface area contributed by atoms with E-state index in [9.17, 15) is 20.1 Å². The number of carboxylic acids is 1. The van der Waals surface area contributed by atoms with Crippen molar-refractivity contribution in [3.05, 3.63) is 0 Å². The van der Waals surface area contributed by atoms with Crippen molar-refractivity contribution < 1.29 is 107 Å². The Bertz CT molecular complexity index is 1610. The van der Waals surface area contributed by atoms with Crippen molar-refractivity contribution in [1.29, 1.82) is 0 Å². The zero-order valence-corrected chi connectivity index (χ0v) is 43.9. The van der Waals surface area contributed by atoms with Gasteiger partial charge in [-0.15, -0.1) is 0 Å². The maximum absolute atomic E-state index is 12.4. The van der Waals surface area contributed by atoms with Gasteiger partial charge in [0.15, 0.2) is 23.7 Å². The van der Waals surface area contributed by atoms with E-state index in [-0.39, 0.29) is 108 Å². The largest absolute Gasteiger partial charge is 1.00 e. The van der Waals surface area contributed by atoms with E-state index in [1.807, 2.05) is 20.8 Å². The van der Waals surface area contributed by atoms with E-state index in [0.717, 1.165) is 32.1 Å². The van der Waals surface area contributed by atoms with E-state index in [1.54, 1.807) is 35.2 Å². The average Bonchev–Trinajstić information content (AvgIpc) is 3.98. The summed E-state index contributed by atoms with van der Waals surface area (Å²) in [4.78, 5) is 12.4. The van der Waals surface area contributed by atoms with Crippen LogP contribution in [0.3, 0.4) is 0 Å². The number of aliphatic hydroxyl groups is 2. The van der Waals surface area contributed by atoms with Crippen LogP contribution < -0.4 is 34.7 Å². The average molecular weight is 937 g/mol. The number of aliphatic carboxylic acids is 1. The first-order valence-electron chi connectivity index (χ1n) is 24.2. The quantitative estimate of drug-likeness (QED) is 0.251. The zero-order valence-electron chi connectivity index (χ0n) is 41.9. The molecule has 0 radical (unpaired) electrons. The third kappa shape index (κ3) is 9.70. The number of hydrogen-bond acceptors (Lipinski definition) is 16. The van der Waals surface area contributed by atoms with Gasteiger partial charge in [-0.05, 0) is 72.1 Å². The molecule has 0 aromatic heterocycles. The fraction of sp³-hybridized carbons (Fsp3) is 0.979. The molecular formula is C48H81NaO16. The first-order chi connectivity index (χ1) is 30.0. The van der Waals surface area contributed by atoms with Crippen LogP contribution in [0.5, 0.6) is 0 Å². The van der Waals surface area contributed by atoms with Gasteiger partial charge in [0.1, 0.15) is 11.2 Å². The van der Waals surface area contributed by atoms with E-state index in [1.165, 1.54) is 14.0 Å². The first kappa shape index (κ1) is 54.2. The summed E-state index contributed by atoms with van der Waals surface area (Å²) in [5, 5.41) is 35.6. The van der Waals surface area contributed by atoms with E-state index in [4.69, 9.17) is 56.8 Å². The maximum atomic E-state index is 12.4. The number of rotatable bonds is 13. The van der Waals surface area contributed by atoms with Crippen LogP contribution >= 0.6 is 0 Å². The fourth-order valence-corrected chi connectivity index (χ4v) is 13.3. The van der Waals surface area contributed by atoms with Gasteiger partial charge in [0.05, 0.1) is 79.2 Å². The van der Waals surface area contributed by atoms with Crippen molar-refractivity contribution in [2.45, 2.75) is 235 Å². The molecule has 7 heterocycles. The van der Waals surface area contributed by atoms with Gasteiger partial charge in [0, 0.05) is 77.3 Å². The van der Waals surface area contributed by atoms with Crippen molar-refractivity contribution in [3.63, 3.8) is 0 Å². The molecule has 2 N–H and O–H groups in total. The number of ether oxygens (including phenoxy) is 12. The Morgan fingerprint density at radius 1 is 0.723 bits per heavy atom. The minimum Gasteiger partial charge on any atom is -0.550 e. The molecule has 65 heavy (non-hydrogen) atoms. The fourth-order valence-electron chi connectivity index (χ4n) is 13.3. The number of carbonyl (C=O) groups excluding carboxylic acids is 1. The van der Waals surface area contributed by atoms with Crippen LogP contribution in [0, 0.1) is 35.5 Å². The summed E-state index contributed by atoms with van der Waals surface area (Å²) >= 11 is 0. The molecule has 17 heteroatoms. The van der Waals surface area contributed by atoms with E-state index in [0.29, 0.717) is 19.3 Å². The molecule has 16 nitrogen and oxygen atoms in total. The number of carboxylic acid groups (broad SMARTS) is 1. The Morgan fingerprint density at radius 2 is 1.35 bits per heavy atom. The van der Waals surface area contributed by atoms with Crippen molar-refractivity contribution >= 4 is 5.97 Å². The van der Waals surface area contributed by atoms with Gasteiger partial charge in [-0.2, -0.15) is 0 Å². The maximum Gasteiger partial charge on any atom is 1.00 e. The summed E-state index contributed by atoms with van der Waals surface area (Å²) in [5.41, 5.74) is -2.18. The van der Waals surface area contributed by atoms with Crippen LogP contribution in [0.4, 0.5) is 0 Å². The molecule has 24 atom stereocenters. The monoisotopic (exact) mass is 937 g/mol. The predicted octanol–water partition coefficient (Wildman–Crippen LogP) is 1.26. The molecule has 7 aliphatic heterocycles. The van der Waals surface area contributed by atoms with Crippen molar-refractivity contribution in [2.24, 2.45) is 35.5 Å². The molecule has 0 amide bonds. The topological polar surface area (TPSA) is 191 Å². The first-order valence-corrected chi connectivity index (χ1v) is 24.2. The molecule has 7 saturated heterocycles. The SMILES string of the molecule is CO[C@H]1CC[C@H](O[C@@]2(C)[C@H](C[C@@H]3C[C@@H](OC)[C@@H](C)[C@]4(O3)O[C@](C)([C@H]3CC[C@@H]([C@H]5CC[C@H]([C@H]6O[C@](C)(O)[C@H](C)C[C@@H]6C)O5)O3)[C@H](OC)[C@H]4C)O[C@](O)([C@@H](C)C(=O)[O-])[C@@H](C)[C@@H]2OC)O[C@@H]1C.[Na+]. The molecule has 0 aromatic rings. The molecule has 7 fully saturated rings. The molecular weight excluding hydrogens is 856 g/mol. The Hall–Kier alpha value is -0.0900. The molecule has 0 saturated carbocycles. The normalized spacial score (nSPS) is 53.2. The van der Waals surface area contributed by atoms with Crippen LogP contribution in [0.1, 0.15) is 127 Å². The molecule has 1 spiro atoms. The second-order valence-corrected chi connectivity index (χ2v) is 21.3. The van der Waals surface area contributed by atoms with Gasteiger partial charge < -0.3 is 77.0 Å². The molecule has 7 aliphatic rings. The van der Waals surface area contributed by atoms with Crippen LogP contribution in [0.2, 0.25) is 0 Å². The standard InChI is InChI=1S/C48H82O16.Na/c1-24-21-25(2)46(10,51)63-40(24)35-16-15-33(58-35)34-17-19-37(59-34)45(9)42(56-14)28(5)48(64-45)26(3)36(54-12)22-31(60-48)23-38-44(8,62-39-20-18-32(53-11)30(7)57-39)41(55-13)27(4)47(52,61-38)29(6)43(49)50;/h24-42,51-52H,15-23H2,1-14H3,(H,49,50);/q;+1/p-1/t24-,25+,26+,27-,28+,29-,30+,31-,32-,33+,34-,35+,36+,37+,38-,39-,40-,41-,42+,44-,45+,46-,47-,48-;/m0./s1. The third-order valence-electron chi connectivity index (χ3n) is 17.4. The summed E-state index contributed by atoms with van der Waals surface area (Å²) in [7, 11) is 6.58. The summed E-state index contributed by atoms with van der Waals surface area (Å²) < 4.78 is 78.9. The second kappa shape index (κ2) is 20.6.